The summed E-state index contributed by atoms with van der Waals surface area (Å²) in [4.78, 5) is 24.5. The van der Waals surface area contributed by atoms with Gasteiger partial charge in [-0.15, -0.1) is 0 Å². The zero-order valence-corrected chi connectivity index (χ0v) is 8.07. The third-order valence-electron chi connectivity index (χ3n) is 0.944. The Balaban J connectivity index is 4.57. The van der Waals surface area contributed by atoms with Crippen molar-refractivity contribution in [2.24, 2.45) is 0 Å². The first-order valence-corrected chi connectivity index (χ1v) is 3.74. The lowest BCUT2D eigenvalue weighted by Gasteiger charge is -2.18. The van der Waals surface area contributed by atoms with Gasteiger partial charge >= 0.3 is 11.9 Å². The molecule has 0 aromatic rings. The molecule has 0 spiro atoms. The van der Waals surface area contributed by atoms with Gasteiger partial charge in [-0.2, -0.15) is 0 Å². The van der Waals surface area contributed by atoms with Crippen LogP contribution in [0, 0.1) is 0 Å². The summed E-state index contributed by atoms with van der Waals surface area (Å²) in [5, 5.41) is 18.2. The minimum Gasteiger partial charge on any atom is -0.478 e. The number of carbonyl (C=O) groups excluding carboxylic acids is 1. The predicted molar refractivity (Wildman–Crippen MR) is 43.3 cm³/mol. The lowest BCUT2D eigenvalue weighted by Crippen LogP contribution is -2.25. The fraction of sp³-hybridized carbons (Fsp3) is 0.500. The Morgan fingerprint density at radius 3 is 2.07 bits per heavy atom. The molecule has 0 aliphatic rings. The molecule has 0 fully saturated rings. The molecule has 0 aromatic carbocycles. The lowest BCUT2D eigenvalue weighted by atomic mass is 10.2. The molecule has 0 aliphatic carbocycles. The Kier molecular flexibility index (Phi) is 4.10. The van der Waals surface area contributed by atoms with Crippen LogP contribution in [0.25, 0.3) is 0 Å². The highest BCUT2D eigenvalue weighted by atomic mass is 17.1. The number of carboxylic acid groups (broad SMARTS) is 1. The summed E-state index contributed by atoms with van der Waals surface area (Å²) in [5.74, 6) is -3.44. The molecule has 1 radical (unpaired) electrons. The number of aliphatic carboxylic acids is 1. The molecule has 0 saturated heterocycles. The largest absolute Gasteiger partial charge is 0.478 e. The summed E-state index contributed by atoms with van der Waals surface area (Å²) < 4.78 is 4.70. The average Bonchev–Trinajstić information content (AvgIpc) is 1.96. The Morgan fingerprint density at radius 2 is 1.79 bits per heavy atom. The molecule has 0 atom stereocenters. The maximum atomic E-state index is 11.0. The molecule has 79 valence electrons. The summed E-state index contributed by atoms with van der Waals surface area (Å²) in [6, 6.07) is 0. The number of rotatable bonds is 3. The SMILES string of the molecule is CC(C)(C)OC(=O)C(=CC(=O)O)O[O]. The van der Waals surface area contributed by atoms with E-state index in [1.807, 2.05) is 0 Å². The molecule has 0 bridgehead atoms. The Bertz CT molecular complexity index is 259. The highest BCUT2D eigenvalue weighted by molar-refractivity contribution is 5.94. The van der Waals surface area contributed by atoms with Gasteiger partial charge in [0.25, 0.3) is 5.76 Å². The molecular weight excluding hydrogens is 192 g/mol. The van der Waals surface area contributed by atoms with Crippen LogP contribution in [0.15, 0.2) is 11.8 Å². The molecule has 0 amide bonds. The Hall–Kier alpha value is -1.56. The van der Waals surface area contributed by atoms with Gasteiger partial charge in [-0.3, -0.25) is 4.89 Å². The van der Waals surface area contributed by atoms with E-state index in [2.05, 4.69) is 4.89 Å². The van der Waals surface area contributed by atoms with Crippen LogP contribution in [0.3, 0.4) is 0 Å². The molecule has 0 heterocycles. The zero-order chi connectivity index (χ0) is 11.4. The summed E-state index contributed by atoms with van der Waals surface area (Å²) in [6.45, 7) is 4.73. The van der Waals surface area contributed by atoms with Crippen molar-refractivity contribution < 1.29 is 29.6 Å². The second-order valence-electron chi connectivity index (χ2n) is 3.43. The van der Waals surface area contributed by atoms with E-state index in [-0.39, 0.29) is 0 Å². The quantitative estimate of drug-likeness (QED) is 0.239. The molecule has 6 heteroatoms. The molecule has 0 aliphatic heterocycles. The number of carboxylic acids is 1. The van der Waals surface area contributed by atoms with Crippen molar-refractivity contribution in [3.63, 3.8) is 0 Å². The van der Waals surface area contributed by atoms with Gasteiger partial charge in [-0.1, -0.05) is 0 Å². The summed E-state index contributed by atoms with van der Waals surface area (Å²) >= 11 is 0. The first kappa shape index (κ1) is 12.4. The van der Waals surface area contributed by atoms with E-state index in [0.29, 0.717) is 6.08 Å². The van der Waals surface area contributed by atoms with Gasteiger partial charge in [0.05, 0.1) is 6.08 Å². The normalized spacial score (nSPS) is 12.1. The number of hydrogen-bond acceptors (Lipinski definition) is 4. The molecular formula is C8H11O6. The van der Waals surface area contributed by atoms with Crippen molar-refractivity contribution in [2.45, 2.75) is 26.4 Å². The van der Waals surface area contributed by atoms with E-state index < -0.39 is 23.3 Å². The third-order valence-corrected chi connectivity index (χ3v) is 0.944. The first-order chi connectivity index (χ1) is 6.26. The fourth-order valence-electron chi connectivity index (χ4n) is 0.558. The van der Waals surface area contributed by atoms with Crippen LogP contribution in [0.4, 0.5) is 0 Å². The summed E-state index contributed by atoms with van der Waals surface area (Å²) in [7, 11) is 0. The van der Waals surface area contributed by atoms with Crippen LogP contribution in [0.2, 0.25) is 0 Å². The number of ether oxygens (including phenoxy) is 1. The molecule has 0 unspecified atom stereocenters. The monoisotopic (exact) mass is 203 g/mol. The Labute approximate surface area is 80.7 Å². The molecule has 1 N–H and O–H groups in total. The van der Waals surface area contributed by atoms with E-state index >= 15 is 0 Å². The van der Waals surface area contributed by atoms with Crippen molar-refractivity contribution in [1.82, 2.24) is 0 Å². The van der Waals surface area contributed by atoms with Crippen LogP contribution in [0.1, 0.15) is 20.8 Å². The highest BCUT2D eigenvalue weighted by Crippen LogP contribution is 2.11. The van der Waals surface area contributed by atoms with Gasteiger partial charge in [0, 0.05) is 5.26 Å². The number of esters is 1. The van der Waals surface area contributed by atoms with Gasteiger partial charge in [-0.25, -0.2) is 9.59 Å². The summed E-state index contributed by atoms with van der Waals surface area (Å²) in [6.07, 6.45) is 0.348. The molecule has 14 heavy (non-hydrogen) atoms. The van der Waals surface area contributed by atoms with E-state index in [1.165, 1.54) is 0 Å². The van der Waals surface area contributed by atoms with E-state index in [9.17, 15) is 14.8 Å². The lowest BCUT2D eigenvalue weighted by molar-refractivity contribution is -0.271. The molecule has 6 nitrogen and oxygen atoms in total. The average molecular weight is 203 g/mol. The van der Waals surface area contributed by atoms with Crippen molar-refractivity contribution in [3.05, 3.63) is 11.8 Å². The van der Waals surface area contributed by atoms with Crippen molar-refractivity contribution >= 4 is 11.9 Å². The predicted octanol–water partition coefficient (Wildman–Crippen LogP) is 0.659. The molecule has 0 saturated carbocycles. The summed E-state index contributed by atoms with van der Waals surface area (Å²) in [5.41, 5.74) is -0.812. The van der Waals surface area contributed by atoms with E-state index in [4.69, 9.17) is 9.84 Å². The Morgan fingerprint density at radius 1 is 1.29 bits per heavy atom. The minimum absolute atomic E-state index is 0.348. The van der Waals surface area contributed by atoms with Gasteiger partial charge in [-0.05, 0) is 20.8 Å². The second-order valence-corrected chi connectivity index (χ2v) is 3.43. The fourth-order valence-corrected chi connectivity index (χ4v) is 0.558. The van der Waals surface area contributed by atoms with E-state index in [0.717, 1.165) is 0 Å². The highest BCUT2D eigenvalue weighted by Gasteiger charge is 2.22. The van der Waals surface area contributed by atoms with Crippen LogP contribution in [0.5, 0.6) is 0 Å². The van der Waals surface area contributed by atoms with Crippen molar-refractivity contribution in [3.8, 4) is 0 Å². The van der Waals surface area contributed by atoms with E-state index in [1.54, 1.807) is 20.8 Å². The zero-order valence-electron chi connectivity index (χ0n) is 8.07. The van der Waals surface area contributed by atoms with Crippen LogP contribution in [-0.2, 0) is 24.5 Å². The van der Waals surface area contributed by atoms with Crippen molar-refractivity contribution in [1.29, 1.82) is 0 Å². The number of hydrogen-bond donors (Lipinski definition) is 1. The first-order valence-electron chi connectivity index (χ1n) is 3.74. The van der Waals surface area contributed by atoms with Crippen LogP contribution >= 0.6 is 0 Å². The standard InChI is InChI=1S/C8H11O6/c1-8(2,3)13-7(11)5(14-12)4-6(9)10/h4H,1-3H3,(H,9,10). The third kappa shape index (κ3) is 5.15. The van der Waals surface area contributed by atoms with Gasteiger partial charge in [0.15, 0.2) is 0 Å². The van der Waals surface area contributed by atoms with Gasteiger partial charge in [0.1, 0.15) is 5.60 Å². The molecule has 0 rings (SSSR count). The van der Waals surface area contributed by atoms with Crippen LogP contribution in [-0.4, -0.2) is 22.6 Å². The van der Waals surface area contributed by atoms with Gasteiger partial charge in [0.2, 0.25) is 0 Å². The van der Waals surface area contributed by atoms with Gasteiger partial charge < -0.3 is 9.84 Å². The maximum absolute atomic E-state index is 11.0. The minimum atomic E-state index is -1.46. The second kappa shape index (κ2) is 4.61. The topological polar surface area (TPSA) is 92.7 Å². The number of carbonyl (C=O) groups is 2. The molecule has 0 aromatic heterocycles. The van der Waals surface area contributed by atoms with Crippen LogP contribution < -0.4 is 0 Å². The maximum Gasteiger partial charge on any atom is 0.378 e. The smallest absolute Gasteiger partial charge is 0.378 e. The van der Waals surface area contributed by atoms with Crippen molar-refractivity contribution in [2.75, 3.05) is 0 Å².